The molecule has 3 heterocycles. The highest BCUT2D eigenvalue weighted by Crippen LogP contribution is 2.36. The molecule has 152 valence electrons. The predicted octanol–water partition coefficient (Wildman–Crippen LogP) is 3.96. The Morgan fingerprint density at radius 3 is 2.76 bits per heavy atom. The number of Topliss-reactive ketones (excluding diaryl/α,β-unsaturated/α-hetero) is 1. The minimum absolute atomic E-state index is 0.0180. The minimum Gasteiger partial charge on any atom is -0.454 e. The van der Waals surface area contributed by atoms with E-state index in [1.807, 2.05) is 0 Å². The normalized spacial score (nSPS) is 13.9. The summed E-state index contributed by atoms with van der Waals surface area (Å²) in [6.45, 7) is 3.05. The number of fused-ring (bicyclic) bond motifs is 1. The molecule has 8 nitrogen and oxygen atoms in total. The van der Waals surface area contributed by atoms with Crippen LogP contribution in [0.3, 0.4) is 0 Å². The smallest absolute Gasteiger partial charge is 0.265 e. The number of nitrogens with one attached hydrogen (secondary N) is 1. The lowest BCUT2D eigenvalue weighted by Crippen LogP contribution is -2.16. The first kappa shape index (κ1) is 17.3. The minimum atomic E-state index is -4.19. The van der Waals surface area contributed by atoms with E-state index in [2.05, 4.69) is 9.88 Å². The van der Waals surface area contributed by atoms with Crippen LogP contribution in [0, 0.1) is 13.8 Å². The number of rotatable bonds is 6. The van der Waals surface area contributed by atoms with Crippen molar-refractivity contribution in [2.45, 2.75) is 25.2 Å². The summed E-state index contributed by atoms with van der Waals surface area (Å²) in [5, 5.41) is 5.08. The Labute approximate surface area is 178 Å². The zero-order valence-electron chi connectivity index (χ0n) is 17.2. The van der Waals surface area contributed by atoms with Crippen molar-refractivity contribution in [1.29, 1.82) is 0 Å². The molecular weight excluding hydrogens is 440 g/mol. The van der Waals surface area contributed by atoms with Gasteiger partial charge in [-0.1, -0.05) is 16.8 Å². The van der Waals surface area contributed by atoms with Gasteiger partial charge >= 0.3 is 0 Å². The van der Waals surface area contributed by atoms with Crippen molar-refractivity contribution in [3.05, 3.63) is 50.3 Å². The largest absolute Gasteiger partial charge is 0.454 e. The Balaban J connectivity index is 1.66. The molecule has 1 aliphatic rings. The number of ether oxygens (including phenoxy) is 2. The van der Waals surface area contributed by atoms with E-state index in [0.29, 0.717) is 11.3 Å². The molecule has 0 spiro atoms. The lowest BCUT2D eigenvalue weighted by atomic mass is 10.0. The van der Waals surface area contributed by atoms with Gasteiger partial charge in [0.25, 0.3) is 15.9 Å². The van der Waals surface area contributed by atoms with Gasteiger partial charge in [0.15, 0.2) is 17.3 Å². The van der Waals surface area contributed by atoms with Gasteiger partial charge in [0.05, 0.1) is 7.62 Å². The third-order valence-electron chi connectivity index (χ3n) is 4.16. The monoisotopic (exact) mass is 456 g/mol. The number of sulfonamides is 1. The van der Waals surface area contributed by atoms with Crippen LogP contribution in [0.2, 0.25) is 5.02 Å². The summed E-state index contributed by atoms with van der Waals surface area (Å²) in [7, 11) is -4.19. The molecule has 4 rings (SSSR count). The fourth-order valence-electron chi connectivity index (χ4n) is 2.67. The topological polar surface area (TPSA) is 108 Å². The first-order valence-corrected chi connectivity index (χ1v) is 11.0. The van der Waals surface area contributed by atoms with E-state index in [-0.39, 0.29) is 63.0 Å². The molecule has 0 saturated carbocycles. The number of aromatic nitrogens is 1. The molecule has 3 aromatic rings. The summed E-state index contributed by atoms with van der Waals surface area (Å²) in [6, 6.07) is 1.26. The predicted molar refractivity (Wildman–Crippen MR) is 107 cm³/mol. The maximum atomic E-state index is 13.0. The number of hydrogen-bond acceptors (Lipinski definition) is 8. The second-order valence-electron chi connectivity index (χ2n) is 6.15. The van der Waals surface area contributed by atoms with Crippen molar-refractivity contribution >= 4 is 44.6 Å². The Bertz CT molecular complexity index is 1320. The van der Waals surface area contributed by atoms with Crippen LogP contribution in [0.1, 0.15) is 29.2 Å². The van der Waals surface area contributed by atoms with Gasteiger partial charge < -0.3 is 14.0 Å². The number of ketones is 1. The SMILES string of the molecule is [2H]c1c(C)c(CC(=O)c2sccc2S(=O)(=O)Nc2onc(C)c2Cl)c([2H])c2c1OCO2. The summed E-state index contributed by atoms with van der Waals surface area (Å²) < 4.78 is 59.8. The van der Waals surface area contributed by atoms with Gasteiger partial charge in [0.2, 0.25) is 6.79 Å². The Kier molecular flexibility index (Phi) is 4.39. The number of benzene rings is 1. The van der Waals surface area contributed by atoms with Crippen molar-refractivity contribution in [3.8, 4) is 11.5 Å². The molecule has 0 amide bonds. The van der Waals surface area contributed by atoms with E-state index in [0.717, 1.165) is 11.3 Å². The summed E-state index contributed by atoms with van der Waals surface area (Å²) >= 11 is 6.93. The van der Waals surface area contributed by atoms with Gasteiger partial charge in [0, 0.05) is 6.42 Å². The number of hydrogen-bond donors (Lipinski definition) is 1. The lowest BCUT2D eigenvalue weighted by molar-refractivity contribution is 0.0994. The molecule has 0 fully saturated rings. The van der Waals surface area contributed by atoms with E-state index >= 15 is 0 Å². The Morgan fingerprint density at radius 1 is 1.34 bits per heavy atom. The van der Waals surface area contributed by atoms with E-state index < -0.39 is 15.8 Å². The van der Waals surface area contributed by atoms with Gasteiger partial charge in [-0.15, -0.1) is 11.3 Å². The maximum Gasteiger partial charge on any atom is 0.265 e. The molecule has 0 saturated heterocycles. The molecule has 0 radical (unpaired) electrons. The van der Waals surface area contributed by atoms with Crippen molar-refractivity contribution < 1.29 is 30.0 Å². The number of nitrogens with zero attached hydrogens (tertiary/aromatic N) is 1. The standard InChI is InChI=1S/C18H15ClN2O6S2/c1-9-5-13-14(26-8-25-13)7-11(9)6-12(22)17-15(3-4-28-17)29(23,24)21-18-16(19)10(2)20-27-18/h3-5,7,21H,6,8H2,1-2H3/i5D,7D. The van der Waals surface area contributed by atoms with Crippen LogP contribution in [0.15, 0.2) is 32.9 Å². The molecule has 1 aromatic carbocycles. The van der Waals surface area contributed by atoms with Gasteiger partial charge in [0.1, 0.15) is 15.6 Å². The summed E-state index contributed by atoms with van der Waals surface area (Å²) in [4.78, 5) is 12.8. The third kappa shape index (κ3) is 3.70. The van der Waals surface area contributed by atoms with Crippen LogP contribution in [0.5, 0.6) is 11.5 Å². The number of thiophene rings is 1. The second-order valence-corrected chi connectivity index (χ2v) is 9.09. The molecule has 0 atom stereocenters. The van der Waals surface area contributed by atoms with Crippen LogP contribution in [-0.2, 0) is 16.4 Å². The number of anilines is 1. The van der Waals surface area contributed by atoms with Crippen LogP contribution in [0.25, 0.3) is 0 Å². The summed E-state index contributed by atoms with van der Waals surface area (Å²) in [5.41, 5.74) is 0.983. The van der Waals surface area contributed by atoms with E-state index in [1.54, 1.807) is 13.8 Å². The van der Waals surface area contributed by atoms with Gasteiger partial charge in [-0.05, 0) is 48.5 Å². The maximum absolute atomic E-state index is 13.0. The highest BCUT2D eigenvalue weighted by molar-refractivity contribution is 7.93. The zero-order valence-corrected chi connectivity index (χ0v) is 17.5. The quantitative estimate of drug-likeness (QED) is 0.559. The first-order valence-electron chi connectivity index (χ1n) is 9.25. The number of carbonyl (C=O) groups excluding carboxylic acids is 1. The van der Waals surface area contributed by atoms with Crippen molar-refractivity contribution in [3.63, 3.8) is 0 Å². The fourth-order valence-corrected chi connectivity index (χ4v) is 5.23. The van der Waals surface area contributed by atoms with Crippen molar-refractivity contribution in [1.82, 2.24) is 5.16 Å². The molecule has 0 aliphatic carbocycles. The lowest BCUT2D eigenvalue weighted by Gasteiger charge is -2.09. The van der Waals surface area contributed by atoms with Crippen molar-refractivity contribution in [2.75, 3.05) is 11.5 Å². The van der Waals surface area contributed by atoms with E-state index in [1.165, 1.54) is 11.4 Å². The van der Waals surface area contributed by atoms with Crippen LogP contribution in [-0.4, -0.2) is 26.2 Å². The van der Waals surface area contributed by atoms with Gasteiger partial charge in [-0.2, -0.15) is 0 Å². The number of carbonyl (C=O) groups is 1. The highest BCUT2D eigenvalue weighted by atomic mass is 35.5. The molecule has 1 N–H and O–H groups in total. The average Bonchev–Trinajstić information content (AvgIpc) is 3.46. The first-order chi connectivity index (χ1) is 14.6. The molecule has 11 heteroatoms. The van der Waals surface area contributed by atoms with Crippen LogP contribution < -0.4 is 14.2 Å². The second kappa shape index (κ2) is 7.36. The molecule has 0 bridgehead atoms. The van der Waals surface area contributed by atoms with E-state index in [4.69, 9.17) is 28.3 Å². The summed E-state index contributed by atoms with van der Waals surface area (Å²) in [6.07, 6.45) is -0.279. The third-order valence-corrected chi connectivity index (χ3v) is 7.06. The molecule has 0 unspecified atom stereocenters. The summed E-state index contributed by atoms with van der Waals surface area (Å²) in [5.74, 6) is -0.497. The van der Waals surface area contributed by atoms with Crippen LogP contribution in [0.4, 0.5) is 5.88 Å². The Morgan fingerprint density at radius 2 is 2.07 bits per heavy atom. The fraction of sp³-hybridized carbons (Fsp3) is 0.222. The molecular formula is C18H15ClN2O6S2. The zero-order chi connectivity index (χ0) is 22.5. The van der Waals surface area contributed by atoms with Crippen LogP contribution >= 0.6 is 22.9 Å². The molecule has 29 heavy (non-hydrogen) atoms. The number of aryl methyl sites for hydroxylation is 1. The number of halogens is 1. The average molecular weight is 457 g/mol. The van der Waals surface area contributed by atoms with E-state index in [9.17, 15) is 13.2 Å². The van der Waals surface area contributed by atoms with Crippen molar-refractivity contribution in [2.24, 2.45) is 0 Å². The molecule has 1 aliphatic heterocycles. The molecule has 2 aromatic heterocycles. The Hall–Kier alpha value is -2.56. The highest BCUT2D eigenvalue weighted by Gasteiger charge is 2.27. The van der Waals surface area contributed by atoms with Gasteiger partial charge in [-0.3, -0.25) is 4.79 Å². The van der Waals surface area contributed by atoms with Gasteiger partial charge in [-0.25, -0.2) is 13.1 Å².